The summed E-state index contributed by atoms with van der Waals surface area (Å²) < 4.78 is 17.1. The average Bonchev–Trinajstić information content (AvgIpc) is 2.15. The molecular weight excluding hydrogens is 267 g/mol. The first-order valence-electron chi connectivity index (χ1n) is 6.10. The summed E-state index contributed by atoms with van der Waals surface area (Å²) in [5.41, 5.74) is 0. The third-order valence-corrected chi connectivity index (χ3v) is 3.81. The van der Waals surface area contributed by atoms with Gasteiger partial charge in [-0.3, -0.25) is 0 Å². The fourth-order valence-corrected chi connectivity index (χ4v) is 3.85. The summed E-state index contributed by atoms with van der Waals surface area (Å²) in [6.07, 6.45) is 0. The van der Waals surface area contributed by atoms with Gasteiger partial charge in [-0.15, -0.1) is 0 Å². The predicted octanol–water partition coefficient (Wildman–Crippen LogP) is 2.99. The van der Waals surface area contributed by atoms with E-state index >= 15 is 0 Å². The number of rotatable bonds is 9. The van der Waals surface area contributed by atoms with Crippen molar-refractivity contribution in [3.8, 4) is 0 Å². The number of hydrogen-bond acceptors (Lipinski definition) is 3. The van der Waals surface area contributed by atoms with Crippen LogP contribution in [-0.2, 0) is 11.2 Å². The Hall–Kier alpha value is 0.438. The van der Waals surface area contributed by atoms with Gasteiger partial charge in [0.05, 0.1) is 0 Å². The van der Waals surface area contributed by atoms with Crippen LogP contribution in [0, 0.1) is 17.8 Å². The van der Waals surface area contributed by atoms with Crippen LogP contribution in [0.25, 0.3) is 0 Å². The molecule has 0 rings (SSSR count). The second kappa shape index (κ2) is 9.47. The van der Waals surface area contributed by atoms with Crippen LogP contribution in [0.15, 0.2) is 0 Å². The van der Waals surface area contributed by atoms with E-state index < -0.39 is 15.7 Å². The first kappa shape index (κ1) is 16.4. The molecule has 0 aliphatic carbocycles. The molecule has 16 heavy (non-hydrogen) atoms. The molecular formula is C12H27AsO3. The average molecular weight is 294 g/mol. The van der Waals surface area contributed by atoms with Gasteiger partial charge in [0.15, 0.2) is 0 Å². The van der Waals surface area contributed by atoms with Crippen molar-refractivity contribution in [3.05, 3.63) is 0 Å². The third kappa shape index (κ3) is 10.9. The second-order valence-electron chi connectivity index (χ2n) is 5.29. The zero-order chi connectivity index (χ0) is 12.6. The van der Waals surface area contributed by atoms with Crippen molar-refractivity contribution >= 4 is 15.7 Å². The van der Waals surface area contributed by atoms with E-state index in [0.717, 1.165) is 19.8 Å². The first-order chi connectivity index (χ1) is 7.41. The maximum atomic E-state index is 5.71. The molecule has 0 aromatic heterocycles. The third-order valence-electron chi connectivity index (χ3n) is 1.54. The molecule has 4 heteroatoms. The Bertz CT molecular complexity index is 132. The molecule has 0 fully saturated rings. The van der Waals surface area contributed by atoms with Gasteiger partial charge >= 0.3 is 106 Å². The van der Waals surface area contributed by atoms with Gasteiger partial charge in [0.25, 0.3) is 0 Å². The molecule has 0 saturated heterocycles. The number of hydrogen-bond donors (Lipinski definition) is 0. The Labute approximate surface area is 106 Å². The molecule has 0 amide bonds. The van der Waals surface area contributed by atoms with Crippen LogP contribution in [0.1, 0.15) is 41.5 Å². The minimum absolute atomic E-state index is 0.530. The summed E-state index contributed by atoms with van der Waals surface area (Å²) in [5, 5.41) is 0. The van der Waals surface area contributed by atoms with Gasteiger partial charge in [-0.25, -0.2) is 0 Å². The van der Waals surface area contributed by atoms with Gasteiger partial charge < -0.3 is 0 Å². The molecule has 98 valence electrons. The van der Waals surface area contributed by atoms with Crippen molar-refractivity contribution in [2.45, 2.75) is 41.5 Å². The molecule has 0 radical (unpaired) electrons. The molecule has 0 heterocycles. The summed E-state index contributed by atoms with van der Waals surface area (Å²) >= 11 is -1.97. The summed E-state index contributed by atoms with van der Waals surface area (Å²) in [5.74, 6) is 1.59. The van der Waals surface area contributed by atoms with Gasteiger partial charge in [0, 0.05) is 0 Å². The molecule has 0 N–H and O–H groups in total. The summed E-state index contributed by atoms with van der Waals surface area (Å²) in [6, 6.07) is 0. The Balaban J connectivity index is 3.85. The summed E-state index contributed by atoms with van der Waals surface area (Å²) in [7, 11) is 0. The van der Waals surface area contributed by atoms with Crippen molar-refractivity contribution in [3.63, 3.8) is 0 Å². The Kier molecular flexibility index (Phi) is 9.73. The van der Waals surface area contributed by atoms with Gasteiger partial charge in [0.1, 0.15) is 0 Å². The van der Waals surface area contributed by atoms with Gasteiger partial charge in [-0.1, -0.05) is 0 Å². The first-order valence-corrected chi connectivity index (χ1v) is 8.40. The summed E-state index contributed by atoms with van der Waals surface area (Å²) in [6.45, 7) is 15.0. The van der Waals surface area contributed by atoms with Crippen LogP contribution in [0.3, 0.4) is 0 Å². The molecule has 0 unspecified atom stereocenters. The second-order valence-corrected chi connectivity index (χ2v) is 7.86. The fourth-order valence-electron chi connectivity index (χ4n) is 0.742. The molecule has 0 saturated carbocycles. The molecule has 0 aromatic carbocycles. The van der Waals surface area contributed by atoms with Crippen LogP contribution in [0.4, 0.5) is 0 Å². The molecule has 0 aromatic rings. The van der Waals surface area contributed by atoms with Gasteiger partial charge in [-0.05, 0) is 0 Å². The van der Waals surface area contributed by atoms with Crippen LogP contribution in [0.2, 0.25) is 0 Å². The Morgan fingerprint density at radius 3 is 1.06 bits per heavy atom. The van der Waals surface area contributed by atoms with Crippen molar-refractivity contribution in [1.82, 2.24) is 0 Å². The predicted molar refractivity (Wildman–Crippen MR) is 68.1 cm³/mol. The van der Waals surface area contributed by atoms with E-state index in [9.17, 15) is 0 Å². The SMILES string of the molecule is CC(C)CO[As](OCC(C)C)OCC(C)C. The van der Waals surface area contributed by atoms with Crippen LogP contribution in [-0.4, -0.2) is 35.5 Å². The molecule has 0 spiro atoms. The standard InChI is InChI=1S/C12H27AsO3/c1-10(2)7-14-13(15-8-11(3)4)16-9-12(5)6/h10-12H,7-9H2,1-6H3. The van der Waals surface area contributed by atoms with Crippen LogP contribution >= 0.6 is 0 Å². The van der Waals surface area contributed by atoms with E-state index in [1.807, 2.05) is 0 Å². The van der Waals surface area contributed by atoms with E-state index in [1.165, 1.54) is 0 Å². The van der Waals surface area contributed by atoms with Crippen LogP contribution in [0.5, 0.6) is 0 Å². The minimum atomic E-state index is -1.97. The van der Waals surface area contributed by atoms with E-state index in [0.29, 0.717) is 17.8 Å². The normalized spacial score (nSPS) is 12.4. The Morgan fingerprint density at radius 1 is 0.625 bits per heavy atom. The van der Waals surface area contributed by atoms with Gasteiger partial charge in [0.2, 0.25) is 0 Å². The fraction of sp³-hybridized carbons (Fsp3) is 1.00. The van der Waals surface area contributed by atoms with Crippen molar-refractivity contribution in [2.75, 3.05) is 19.8 Å². The Morgan fingerprint density at radius 2 is 0.875 bits per heavy atom. The van der Waals surface area contributed by atoms with E-state index in [2.05, 4.69) is 41.5 Å². The monoisotopic (exact) mass is 294 g/mol. The zero-order valence-corrected chi connectivity index (χ0v) is 13.4. The molecule has 0 aliphatic rings. The van der Waals surface area contributed by atoms with Crippen LogP contribution < -0.4 is 0 Å². The molecule has 0 atom stereocenters. The maximum absolute atomic E-state index is 5.71. The van der Waals surface area contributed by atoms with E-state index in [-0.39, 0.29) is 0 Å². The molecule has 0 aliphatic heterocycles. The summed E-state index contributed by atoms with van der Waals surface area (Å²) in [4.78, 5) is 0. The molecule has 3 nitrogen and oxygen atoms in total. The topological polar surface area (TPSA) is 27.7 Å². The van der Waals surface area contributed by atoms with Crippen molar-refractivity contribution in [1.29, 1.82) is 0 Å². The van der Waals surface area contributed by atoms with E-state index in [1.54, 1.807) is 0 Å². The van der Waals surface area contributed by atoms with Crippen molar-refractivity contribution in [2.24, 2.45) is 17.8 Å². The van der Waals surface area contributed by atoms with Crippen molar-refractivity contribution < 1.29 is 11.2 Å². The van der Waals surface area contributed by atoms with E-state index in [4.69, 9.17) is 11.2 Å². The van der Waals surface area contributed by atoms with Gasteiger partial charge in [-0.2, -0.15) is 0 Å². The quantitative estimate of drug-likeness (QED) is 0.612. The zero-order valence-electron chi connectivity index (χ0n) is 11.5. The molecule has 0 bridgehead atoms.